The summed E-state index contributed by atoms with van der Waals surface area (Å²) in [6.45, 7) is 9.70. The van der Waals surface area contributed by atoms with Gasteiger partial charge in [0, 0.05) is 30.1 Å². The molecule has 0 saturated carbocycles. The highest BCUT2D eigenvalue weighted by Crippen LogP contribution is 2.36. The smallest absolute Gasteiger partial charge is 0.276 e. The predicted molar refractivity (Wildman–Crippen MR) is 92.6 cm³/mol. The fourth-order valence-corrected chi connectivity index (χ4v) is 4.73. The van der Waals surface area contributed by atoms with Crippen LogP contribution in [0.2, 0.25) is 0 Å². The fraction of sp³-hybridized carbons (Fsp3) is 0.765. The Balaban J connectivity index is 1.91. The zero-order valence-corrected chi connectivity index (χ0v) is 14.8. The van der Waals surface area contributed by atoms with Gasteiger partial charge in [0.15, 0.2) is 0 Å². The molecule has 0 unspecified atom stereocenters. The van der Waals surface area contributed by atoms with Crippen molar-refractivity contribution in [1.82, 2.24) is 9.99 Å². The van der Waals surface area contributed by atoms with Crippen LogP contribution >= 0.6 is 11.3 Å². The molecule has 0 spiro atoms. The Labute approximate surface area is 137 Å². The molecule has 5 heteroatoms. The van der Waals surface area contributed by atoms with Gasteiger partial charge in [-0.1, -0.05) is 20.3 Å². The maximum atomic E-state index is 12.5. The maximum absolute atomic E-state index is 12.5. The van der Waals surface area contributed by atoms with E-state index in [0.717, 1.165) is 49.6 Å². The Hall–Kier alpha value is -0.940. The topological polar surface area (TPSA) is 36.4 Å². The third-order valence-corrected chi connectivity index (χ3v) is 6.07. The number of nitrogens with zero attached hydrogens (tertiary/aromatic N) is 3. The van der Waals surface area contributed by atoms with Gasteiger partial charge in [-0.05, 0) is 44.4 Å². The summed E-state index contributed by atoms with van der Waals surface area (Å²) in [6, 6.07) is 0. The zero-order chi connectivity index (χ0) is 15.7. The van der Waals surface area contributed by atoms with E-state index in [1.54, 1.807) is 11.3 Å². The van der Waals surface area contributed by atoms with Gasteiger partial charge in [0.05, 0.1) is 0 Å². The van der Waals surface area contributed by atoms with Crippen molar-refractivity contribution in [2.24, 2.45) is 5.41 Å². The Kier molecular flexibility index (Phi) is 4.55. The van der Waals surface area contributed by atoms with Crippen LogP contribution in [-0.4, -0.2) is 29.6 Å². The lowest BCUT2D eigenvalue weighted by Crippen LogP contribution is -2.46. The summed E-state index contributed by atoms with van der Waals surface area (Å²) in [6.07, 6.45) is 6.86. The van der Waals surface area contributed by atoms with Crippen LogP contribution in [0.15, 0.2) is 4.79 Å². The largest absolute Gasteiger partial charge is 0.281 e. The summed E-state index contributed by atoms with van der Waals surface area (Å²) in [4.78, 5) is 18.2. The Morgan fingerprint density at radius 3 is 2.68 bits per heavy atom. The van der Waals surface area contributed by atoms with Crippen molar-refractivity contribution in [3.05, 3.63) is 20.8 Å². The Morgan fingerprint density at radius 1 is 1.27 bits per heavy atom. The van der Waals surface area contributed by atoms with Crippen molar-refractivity contribution >= 4 is 16.5 Å². The SMILES string of the molecule is CCN(c1nc(=O)c2c(s1)CCC(C)(C)C2)N1CCCCC1. The molecule has 1 aliphatic carbocycles. The summed E-state index contributed by atoms with van der Waals surface area (Å²) in [5.41, 5.74) is 1.21. The second-order valence-electron chi connectivity index (χ2n) is 7.27. The van der Waals surface area contributed by atoms with E-state index in [0.29, 0.717) is 0 Å². The number of hydrogen-bond donors (Lipinski definition) is 0. The molecule has 22 heavy (non-hydrogen) atoms. The Morgan fingerprint density at radius 2 is 2.00 bits per heavy atom. The van der Waals surface area contributed by atoms with Gasteiger partial charge in [0.1, 0.15) is 0 Å². The first-order chi connectivity index (χ1) is 10.5. The van der Waals surface area contributed by atoms with Crippen molar-refractivity contribution in [3.63, 3.8) is 0 Å². The molecule has 0 bridgehead atoms. The molecular formula is C17H27N3OS. The van der Waals surface area contributed by atoms with Crippen molar-refractivity contribution in [2.75, 3.05) is 24.6 Å². The van der Waals surface area contributed by atoms with Gasteiger partial charge < -0.3 is 0 Å². The third kappa shape index (κ3) is 3.20. The van der Waals surface area contributed by atoms with Gasteiger partial charge in [-0.25, -0.2) is 5.01 Å². The van der Waals surface area contributed by atoms with E-state index < -0.39 is 0 Å². The molecule has 1 fully saturated rings. The Bertz CT molecular complexity index is 590. The second-order valence-corrected chi connectivity index (χ2v) is 8.34. The average Bonchev–Trinajstić information content (AvgIpc) is 2.50. The van der Waals surface area contributed by atoms with Gasteiger partial charge in [-0.15, -0.1) is 11.3 Å². The van der Waals surface area contributed by atoms with E-state index in [2.05, 4.69) is 35.8 Å². The average molecular weight is 321 g/mol. The molecule has 4 nitrogen and oxygen atoms in total. The standard InChI is InChI=1S/C17H27N3OS/c1-4-20(19-10-6-5-7-11-19)16-18-15(21)13-12-17(2,3)9-8-14(13)22-16/h4-12H2,1-3H3. The lowest BCUT2D eigenvalue weighted by atomic mass is 9.77. The van der Waals surface area contributed by atoms with Crippen LogP contribution in [0.4, 0.5) is 5.13 Å². The number of aryl methyl sites for hydroxylation is 1. The van der Waals surface area contributed by atoms with E-state index in [-0.39, 0.29) is 11.0 Å². The highest BCUT2D eigenvalue weighted by Gasteiger charge is 2.29. The molecule has 3 rings (SSSR count). The third-order valence-electron chi connectivity index (χ3n) is 4.88. The van der Waals surface area contributed by atoms with E-state index in [1.807, 2.05) is 0 Å². The molecule has 1 aromatic heterocycles. The summed E-state index contributed by atoms with van der Waals surface area (Å²) in [7, 11) is 0. The molecular weight excluding hydrogens is 294 g/mol. The molecule has 0 amide bonds. The molecule has 1 saturated heterocycles. The van der Waals surface area contributed by atoms with Crippen molar-refractivity contribution in [3.8, 4) is 0 Å². The first-order valence-electron chi connectivity index (χ1n) is 8.55. The number of hydrazine groups is 1. The number of anilines is 1. The van der Waals surface area contributed by atoms with Crippen molar-refractivity contribution in [1.29, 1.82) is 0 Å². The summed E-state index contributed by atoms with van der Waals surface area (Å²) in [5.74, 6) is 0. The number of aromatic nitrogens is 1. The molecule has 0 aromatic carbocycles. The van der Waals surface area contributed by atoms with Crippen LogP contribution in [0, 0.1) is 5.41 Å². The van der Waals surface area contributed by atoms with Crippen LogP contribution in [0.5, 0.6) is 0 Å². The predicted octanol–water partition coefficient (Wildman–Crippen LogP) is 3.25. The van der Waals surface area contributed by atoms with Crippen molar-refractivity contribution in [2.45, 2.75) is 59.3 Å². The number of hydrogen-bond acceptors (Lipinski definition) is 5. The highest BCUT2D eigenvalue weighted by atomic mass is 32.1. The number of rotatable bonds is 3. The van der Waals surface area contributed by atoms with E-state index in [1.165, 1.54) is 24.1 Å². The minimum Gasteiger partial charge on any atom is -0.281 e. The quantitative estimate of drug-likeness (QED) is 0.856. The number of fused-ring (bicyclic) bond motifs is 1. The summed E-state index contributed by atoms with van der Waals surface area (Å²) >= 11 is 1.74. The van der Waals surface area contributed by atoms with Gasteiger partial charge >= 0.3 is 0 Å². The normalized spacial score (nSPS) is 21.4. The van der Waals surface area contributed by atoms with Gasteiger partial charge in [-0.3, -0.25) is 9.80 Å². The lowest BCUT2D eigenvalue weighted by Gasteiger charge is -2.37. The van der Waals surface area contributed by atoms with Crippen LogP contribution in [-0.2, 0) is 12.8 Å². The first-order valence-corrected chi connectivity index (χ1v) is 9.37. The highest BCUT2D eigenvalue weighted by molar-refractivity contribution is 7.15. The molecule has 122 valence electrons. The summed E-state index contributed by atoms with van der Waals surface area (Å²) in [5, 5.41) is 5.50. The number of piperidine rings is 1. The van der Waals surface area contributed by atoms with Crippen LogP contribution < -0.4 is 10.6 Å². The lowest BCUT2D eigenvalue weighted by molar-refractivity contribution is 0.210. The zero-order valence-electron chi connectivity index (χ0n) is 14.0. The van der Waals surface area contributed by atoms with Crippen LogP contribution in [0.25, 0.3) is 0 Å². The van der Waals surface area contributed by atoms with Crippen LogP contribution in [0.1, 0.15) is 56.9 Å². The minimum absolute atomic E-state index is 0.00647. The first kappa shape index (κ1) is 15.9. The maximum Gasteiger partial charge on any atom is 0.276 e. The molecule has 1 aromatic rings. The molecule has 0 N–H and O–H groups in total. The second kappa shape index (κ2) is 6.28. The van der Waals surface area contributed by atoms with Crippen LogP contribution in [0.3, 0.4) is 0 Å². The monoisotopic (exact) mass is 321 g/mol. The molecule has 0 radical (unpaired) electrons. The van der Waals surface area contributed by atoms with Gasteiger partial charge in [0.2, 0.25) is 5.13 Å². The van der Waals surface area contributed by atoms with E-state index >= 15 is 0 Å². The molecule has 2 heterocycles. The molecule has 2 aliphatic rings. The van der Waals surface area contributed by atoms with Gasteiger partial charge in [-0.2, -0.15) is 4.98 Å². The van der Waals surface area contributed by atoms with Crippen molar-refractivity contribution < 1.29 is 0 Å². The molecule has 1 aliphatic heterocycles. The summed E-state index contributed by atoms with van der Waals surface area (Å²) < 4.78 is 0. The fourth-order valence-electron chi connectivity index (χ4n) is 3.55. The van der Waals surface area contributed by atoms with Gasteiger partial charge in [0.25, 0.3) is 5.56 Å². The van der Waals surface area contributed by atoms with E-state index in [9.17, 15) is 4.79 Å². The molecule has 0 atom stereocenters. The minimum atomic E-state index is 0.00647. The van der Waals surface area contributed by atoms with E-state index in [4.69, 9.17) is 0 Å².